The number of hydrogen-bond donors (Lipinski definition) is 2. The van der Waals surface area contributed by atoms with E-state index in [4.69, 9.17) is 23.2 Å². The highest BCUT2D eigenvalue weighted by molar-refractivity contribution is 6.33. The summed E-state index contributed by atoms with van der Waals surface area (Å²) in [6, 6.07) is 8.21. The second-order valence-corrected chi connectivity index (χ2v) is 9.33. The summed E-state index contributed by atoms with van der Waals surface area (Å²) in [6.45, 7) is 3.08. The molecule has 1 saturated carbocycles. The van der Waals surface area contributed by atoms with Gasteiger partial charge in [0.05, 0.1) is 11.2 Å². The van der Waals surface area contributed by atoms with Gasteiger partial charge in [-0.15, -0.1) is 0 Å². The van der Waals surface area contributed by atoms with Crippen LogP contribution in [0.2, 0.25) is 10.0 Å². The number of piperazine rings is 1. The van der Waals surface area contributed by atoms with Gasteiger partial charge in [0.1, 0.15) is 11.4 Å². The van der Waals surface area contributed by atoms with Crippen LogP contribution in [0.25, 0.3) is 10.9 Å². The topological polar surface area (TPSA) is 66.4 Å². The summed E-state index contributed by atoms with van der Waals surface area (Å²) < 4.78 is 17.0. The van der Waals surface area contributed by atoms with Crippen molar-refractivity contribution in [3.63, 3.8) is 0 Å². The molecule has 9 heteroatoms. The zero-order valence-corrected chi connectivity index (χ0v) is 19.3. The molecule has 33 heavy (non-hydrogen) atoms. The normalized spacial score (nSPS) is 16.3. The van der Waals surface area contributed by atoms with Crippen LogP contribution in [0.5, 0.6) is 0 Å². The van der Waals surface area contributed by atoms with Crippen LogP contribution in [0.3, 0.4) is 0 Å². The van der Waals surface area contributed by atoms with E-state index < -0.39 is 17.2 Å². The minimum Gasteiger partial charge on any atom is -0.367 e. The summed E-state index contributed by atoms with van der Waals surface area (Å²) in [4.78, 5) is 28.2. The molecule has 1 aliphatic heterocycles. The summed E-state index contributed by atoms with van der Waals surface area (Å²) in [5.74, 6) is -0.981. The number of benzene rings is 2. The fraction of sp³-hybridized carbons (Fsp3) is 0.333. The van der Waals surface area contributed by atoms with Crippen LogP contribution in [0.4, 0.5) is 10.1 Å². The van der Waals surface area contributed by atoms with Gasteiger partial charge in [-0.05, 0) is 48.7 Å². The lowest BCUT2D eigenvalue weighted by atomic mass is 10.1. The van der Waals surface area contributed by atoms with Crippen molar-refractivity contribution < 1.29 is 9.18 Å². The SMILES string of the molecule is O=C(NCc1cc(Cl)ccc1Cl)c1cn(C2CC2)c2cc(N3CCNCC3)c(F)cc2c1=O. The molecule has 0 bridgehead atoms. The zero-order valence-electron chi connectivity index (χ0n) is 17.8. The van der Waals surface area contributed by atoms with E-state index in [0.717, 1.165) is 25.9 Å². The van der Waals surface area contributed by atoms with Crippen molar-refractivity contribution in [3.8, 4) is 0 Å². The standard InChI is InChI=1S/C24H23Cl2FN4O2/c25-15-1-4-19(26)14(9-15)12-29-24(33)18-13-31(16-2-3-16)21-11-22(30-7-5-28-6-8-30)20(27)10-17(21)23(18)32/h1,4,9-11,13,16,28H,2-3,5-8,12H2,(H,29,33). The van der Waals surface area contributed by atoms with Crippen LogP contribution in [0.15, 0.2) is 41.3 Å². The van der Waals surface area contributed by atoms with Crippen molar-refractivity contribution in [2.45, 2.75) is 25.4 Å². The number of hydrogen-bond acceptors (Lipinski definition) is 4. The van der Waals surface area contributed by atoms with Gasteiger partial charge in [-0.2, -0.15) is 0 Å². The van der Waals surface area contributed by atoms with Crippen LogP contribution in [0.1, 0.15) is 34.8 Å². The summed E-state index contributed by atoms with van der Waals surface area (Å²) >= 11 is 12.2. The van der Waals surface area contributed by atoms with E-state index in [1.807, 2.05) is 9.47 Å². The van der Waals surface area contributed by atoms with Crippen LogP contribution in [-0.4, -0.2) is 36.7 Å². The molecule has 3 aromatic rings. The molecular weight excluding hydrogens is 466 g/mol. The molecule has 0 spiro atoms. The molecule has 2 heterocycles. The molecule has 0 radical (unpaired) electrons. The highest BCUT2D eigenvalue weighted by atomic mass is 35.5. The first-order valence-electron chi connectivity index (χ1n) is 11.0. The Morgan fingerprint density at radius 3 is 2.64 bits per heavy atom. The fourth-order valence-electron chi connectivity index (χ4n) is 4.27. The highest BCUT2D eigenvalue weighted by Gasteiger charge is 2.28. The van der Waals surface area contributed by atoms with Crippen molar-refractivity contribution >= 4 is 45.7 Å². The Bertz CT molecular complexity index is 1300. The van der Waals surface area contributed by atoms with E-state index in [1.165, 1.54) is 6.07 Å². The number of fused-ring (bicyclic) bond motifs is 1. The van der Waals surface area contributed by atoms with Crippen molar-refractivity contribution in [2.75, 3.05) is 31.1 Å². The second kappa shape index (κ2) is 8.97. The Morgan fingerprint density at radius 2 is 1.91 bits per heavy atom. The van der Waals surface area contributed by atoms with Gasteiger partial charge in [0, 0.05) is 60.4 Å². The third kappa shape index (κ3) is 4.45. The summed E-state index contributed by atoms with van der Waals surface area (Å²) in [6.07, 6.45) is 3.52. The molecule has 1 aliphatic carbocycles. The zero-order chi connectivity index (χ0) is 23.1. The number of rotatable bonds is 5. The monoisotopic (exact) mass is 488 g/mol. The van der Waals surface area contributed by atoms with Gasteiger partial charge < -0.3 is 20.1 Å². The smallest absolute Gasteiger partial charge is 0.257 e. The number of anilines is 1. The van der Waals surface area contributed by atoms with Gasteiger partial charge >= 0.3 is 0 Å². The maximum Gasteiger partial charge on any atom is 0.257 e. The average Bonchev–Trinajstić information content (AvgIpc) is 3.65. The lowest BCUT2D eigenvalue weighted by Crippen LogP contribution is -2.44. The molecule has 2 aromatic carbocycles. The van der Waals surface area contributed by atoms with E-state index in [2.05, 4.69) is 10.6 Å². The second-order valence-electron chi connectivity index (χ2n) is 8.49. The lowest BCUT2D eigenvalue weighted by Gasteiger charge is -2.30. The summed E-state index contributed by atoms with van der Waals surface area (Å²) in [5.41, 5.74) is 1.30. The number of nitrogens with zero attached hydrogens (tertiary/aromatic N) is 2. The van der Waals surface area contributed by atoms with E-state index in [9.17, 15) is 9.59 Å². The van der Waals surface area contributed by atoms with Gasteiger partial charge in [-0.25, -0.2) is 4.39 Å². The third-order valence-corrected chi connectivity index (χ3v) is 6.79. The maximum atomic E-state index is 15.1. The predicted molar refractivity (Wildman–Crippen MR) is 129 cm³/mol. The number of carbonyl (C=O) groups excluding carboxylic acids is 1. The quantitative estimate of drug-likeness (QED) is 0.566. The molecule has 0 atom stereocenters. The Morgan fingerprint density at radius 1 is 1.15 bits per heavy atom. The molecule has 1 aromatic heterocycles. The highest BCUT2D eigenvalue weighted by Crippen LogP contribution is 2.38. The first kappa shape index (κ1) is 22.2. The van der Waals surface area contributed by atoms with Gasteiger partial charge in [0.15, 0.2) is 0 Å². The number of aromatic nitrogens is 1. The van der Waals surface area contributed by atoms with Crippen molar-refractivity contribution in [3.05, 3.63) is 73.7 Å². The number of pyridine rings is 1. The Labute approximate surface area is 200 Å². The van der Waals surface area contributed by atoms with Crippen LogP contribution in [0, 0.1) is 5.82 Å². The number of halogens is 3. The van der Waals surface area contributed by atoms with Gasteiger partial charge in [-0.3, -0.25) is 9.59 Å². The molecule has 172 valence electrons. The third-order valence-electron chi connectivity index (χ3n) is 6.19. The Kier molecular flexibility index (Phi) is 6.03. The average molecular weight is 489 g/mol. The molecular formula is C24H23Cl2FN4O2. The molecule has 1 amide bonds. The fourth-order valence-corrected chi connectivity index (χ4v) is 4.65. The maximum absolute atomic E-state index is 15.1. The minimum absolute atomic E-state index is 0.0122. The molecule has 1 saturated heterocycles. The molecule has 0 unspecified atom stereocenters. The van der Waals surface area contributed by atoms with E-state index >= 15 is 4.39 Å². The first-order chi connectivity index (χ1) is 15.9. The minimum atomic E-state index is -0.529. The van der Waals surface area contributed by atoms with Crippen LogP contribution >= 0.6 is 23.2 Å². The predicted octanol–water partition coefficient (Wildman–Crippen LogP) is 4.12. The van der Waals surface area contributed by atoms with Crippen LogP contribution in [-0.2, 0) is 6.54 Å². The molecule has 2 fully saturated rings. The van der Waals surface area contributed by atoms with Crippen molar-refractivity contribution in [1.29, 1.82) is 0 Å². The van der Waals surface area contributed by atoms with Crippen LogP contribution < -0.4 is 21.0 Å². The van der Waals surface area contributed by atoms with Gasteiger partial charge in [0.25, 0.3) is 5.91 Å². The van der Waals surface area contributed by atoms with E-state index in [0.29, 0.717) is 39.9 Å². The van der Waals surface area contributed by atoms with Crippen molar-refractivity contribution in [2.24, 2.45) is 0 Å². The number of nitrogens with one attached hydrogen (secondary N) is 2. The number of amides is 1. The Hall–Kier alpha value is -2.61. The van der Waals surface area contributed by atoms with Gasteiger partial charge in [-0.1, -0.05) is 23.2 Å². The summed E-state index contributed by atoms with van der Waals surface area (Å²) in [7, 11) is 0. The van der Waals surface area contributed by atoms with Gasteiger partial charge in [0.2, 0.25) is 5.43 Å². The molecule has 5 rings (SSSR count). The largest absolute Gasteiger partial charge is 0.367 e. The van der Waals surface area contributed by atoms with Crippen molar-refractivity contribution in [1.82, 2.24) is 15.2 Å². The first-order valence-corrected chi connectivity index (χ1v) is 11.7. The number of carbonyl (C=O) groups is 1. The molecule has 2 aliphatic rings. The molecule has 6 nitrogen and oxygen atoms in total. The Balaban J connectivity index is 1.52. The van der Waals surface area contributed by atoms with E-state index in [1.54, 1.807) is 30.5 Å². The lowest BCUT2D eigenvalue weighted by molar-refractivity contribution is 0.0949. The summed E-state index contributed by atoms with van der Waals surface area (Å²) in [5, 5.41) is 7.19. The van der Waals surface area contributed by atoms with E-state index in [-0.39, 0.29) is 23.5 Å². The molecule has 2 N–H and O–H groups in total.